The maximum atomic E-state index is 12.3. The van der Waals surface area contributed by atoms with Crippen molar-refractivity contribution in [2.75, 3.05) is 31.8 Å². The Balaban J connectivity index is 3.43. The van der Waals surface area contributed by atoms with E-state index in [1.807, 2.05) is 0 Å². The van der Waals surface area contributed by atoms with Crippen LogP contribution in [0.1, 0.15) is 96.8 Å². The van der Waals surface area contributed by atoms with Crippen molar-refractivity contribution in [2.45, 2.75) is 96.8 Å². The lowest BCUT2D eigenvalue weighted by atomic mass is 10.0. The number of rotatable bonds is 22. The zero-order chi connectivity index (χ0) is 20.1. The van der Waals surface area contributed by atoms with Gasteiger partial charge in [-0.2, -0.15) is 0 Å². The summed E-state index contributed by atoms with van der Waals surface area (Å²) >= 11 is 3.21. The van der Waals surface area contributed by atoms with Crippen molar-refractivity contribution >= 4 is 23.8 Å². The first-order valence-electron chi connectivity index (χ1n) is 10.9. The largest absolute Gasteiger partial charge is 0.474 e. The number of aliphatic hydroxyl groups excluding tert-OH is 1. The van der Waals surface area contributed by atoms with E-state index in [0.717, 1.165) is 12.8 Å². The zero-order valence-corrected chi connectivity index (χ0v) is 19.8. The van der Waals surface area contributed by atoms with E-state index in [-0.39, 0.29) is 19.8 Å². The highest BCUT2D eigenvalue weighted by molar-refractivity contribution is 9.09. The molecule has 0 saturated carbocycles. The Morgan fingerprint density at radius 2 is 1.07 bits per heavy atom. The van der Waals surface area contributed by atoms with Crippen molar-refractivity contribution in [3.05, 3.63) is 0 Å². The highest BCUT2D eigenvalue weighted by Crippen LogP contribution is 2.49. The number of halogens is 1. The summed E-state index contributed by atoms with van der Waals surface area (Å²) in [4.78, 5) is 0. The Morgan fingerprint density at radius 1 is 0.667 bits per heavy atom. The molecule has 0 fully saturated rings. The van der Waals surface area contributed by atoms with Crippen molar-refractivity contribution in [3.8, 4) is 0 Å². The van der Waals surface area contributed by atoms with Crippen molar-refractivity contribution in [3.63, 3.8) is 0 Å². The van der Waals surface area contributed by atoms with Gasteiger partial charge in [0.05, 0.1) is 26.4 Å². The lowest BCUT2D eigenvalue weighted by molar-refractivity contribution is 0.0986. The average Bonchev–Trinajstić information content (AvgIpc) is 2.68. The molecule has 0 radical (unpaired) electrons. The van der Waals surface area contributed by atoms with Gasteiger partial charge in [0.15, 0.2) is 0 Å². The van der Waals surface area contributed by atoms with E-state index in [2.05, 4.69) is 22.9 Å². The summed E-state index contributed by atoms with van der Waals surface area (Å²) in [5.41, 5.74) is 0. The lowest BCUT2D eigenvalue weighted by Gasteiger charge is -2.17. The minimum Gasteiger partial charge on any atom is -0.394 e. The van der Waals surface area contributed by atoms with E-state index >= 15 is 0 Å². The van der Waals surface area contributed by atoms with Crippen LogP contribution >= 0.6 is 23.8 Å². The Morgan fingerprint density at radius 3 is 1.52 bits per heavy atom. The summed E-state index contributed by atoms with van der Waals surface area (Å²) < 4.78 is 27.8. The minimum atomic E-state index is -3.53. The van der Waals surface area contributed by atoms with Gasteiger partial charge in [0.1, 0.15) is 0 Å². The SMILES string of the molecule is CCCCCCCCCCCCCCCCOP(=O)(OCCO)OCCBr. The van der Waals surface area contributed by atoms with Gasteiger partial charge in [-0.15, -0.1) is 0 Å². The fourth-order valence-electron chi connectivity index (χ4n) is 2.88. The molecule has 164 valence electrons. The molecule has 1 unspecified atom stereocenters. The Bertz CT molecular complexity index is 332. The van der Waals surface area contributed by atoms with Crippen LogP contribution < -0.4 is 0 Å². The first kappa shape index (κ1) is 27.5. The lowest BCUT2D eigenvalue weighted by Crippen LogP contribution is -2.06. The Kier molecular flexibility index (Phi) is 21.7. The molecular weight excluding hydrogens is 431 g/mol. The second-order valence-corrected chi connectivity index (χ2v) is 9.42. The fourth-order valence-corrected chi connectivity index (χ4v) is 4.49. The first-order chi connectivity index (χ1) is 13.2. The predicted octanol–water partition coefficient (Wildman–Crippen LogP) is 7.01. The second kappa shape index (κ2) is 21.3. The molecule has 7 heteroatoms. The van der Waals surface area contributed by atoms with Gasteiger partial charge in [-0.1, -0.05) is 106 Å². The molecule has 5 nitrogen and oxygen atoms in total. The van der Waals surface area contributed by atoms with Gasteiger partial charge >= 0.3 is 7.82 Å². The van der Waals surface area contributed by atoms with Gasteiger partial charge in [0.25, 0.3) is 0 Å². The van der Waals surface area contributed by atoms with Crippen molar-refractivity contribution in [1.29, 1.82) is 0 Å². The molecule has 0 aliphatic rings. The van der Waals surface area contributed by atoms with E-state index in [1.165, 1.54) is 77.0 Å². The third-order valence-electron chi connectivity index (χ3n) is 4.41. The van der Waals surface area contributed by atoms with Crippen LogP contribution in [-0.4, -0.2) is 36.9 Å². The van der Waals surface area contributed by atoms with Gasteiger partial charge in [0, 0.05) is 5.33 Å². The van der Waals surface area contributed by atoms with E-state index in [1.54, 1.807) is 0 Å². The Labute approximate surface area is 175 Å². The van der Waals surface area contributed by atoms with Gasteiger partial charge in [-0.3, -0.25) is 13.6 Å². The van der Waals surface area contributed by atoms with Gasteiger partial charge < -0.3 is 5.11 Å². The predicted molar refractivity (Wildman–Crippen MR) is 117 cm³/mol. The number of unbranched alkanes of at least 4 members (excludes halogenated alkanes) is 13. The van der Waals surface area contributed by atoms with Crippen LogP contribution in [0.2, 0.25) is 0 Å². The molecule has 0 bridgehead atoms. The molecule has 0 saturated heterocycles. The van der Waals surface area contributed by atoms with Gasteiger partial charge in [-0.05, 0) is 6.42 Å². The van der Waals surface area contributed by atoms with Crippen LogP contribution in [0, 0.1) is 0 Å². The summed E-state index contributed by atoms with van der Waals surface area (Å²) in [5.74, 6) is 0. The number of hydrogen-bond donors (Lipinski definition) is 1. The third kappa shape index (κ3) is 19.6. The molecule has 0 aromatic heterocycles. The van der Waals surface area contributed by atoms with Gasteiger partial charge in [-0.25, -0.2) is 4.57 Å². The summed E-state index contributed by atoms with van der Waals surface area (Å²) in [6.07, 6.45) is 18.1. The van der Waals surface area contributed by atoms with Crippen molar-refractivity contribution in [1.82, 2.24) is 0 Å². The van der Waals surface area contributed by atoms with Crippen LogP contribution in [-0.2, 0) is 18.1 Å². The number of phosphoric ester groups is 1. The highest BCUT2D eigenvalue weighted by atomic mass is 79.9. The average molecular weight is 473 g/mol. The maximum Gasteiger partial charge on any atom is 0.474 e. The van der Waals surface area contributed by atoms with Crippen molar-refractivity contribution < 1.29 is 23.2 Å². The molecule has 1 atom stereocenters. The molecule has 0 aliphatic carbocycles. The monoisotopic (exact) mass is 472 g/mol. The fraction of sp³-hybridized carbons (Fsp3) is 1.00. The zero-order valence-electron chi connectivity index (χ0n) is 17.3. The summed E-state index contributed by atoms with van der Waals surface area (Å²) in [6, 6.07) is 0. The van der Waals surface area contributed by atoms with Crippen LogP contribution in [0.25, 0.3) is 0 Å². The standard InChI is InChI=1S/C20H42BrO5P/c1-2-3-4-5-6-7-8-9-10-11-12-13-14-15-18-24-27(23,25-19-16-21)26-20-17-22/h22H,2-20H2,1H3. The van der Waals surface area contributed by atoms with E-state index in [0.29, 0.717) is 11.9 Å². The summed E-state index contributed by atoms with van der Waals surface area (Å²) in [7, 11) is -3.53. The molecule has 0 aromatic rings. The molecule has 0 aliphatic heterocycles. The first-order valence-corrected chi connectivity index (χ1v) is 13.5. The molecule has 0 aromatic carbocycles. The third-order valence-corrected chi connectivity index (χ3v) is 6.23. The number of alkyl halides is 1. The topological polar surface area (TPSA) is 65.0 Å². The van der Waals surface area contributed by atoms with Crippen LogP contribution in [0.4, 0.5) is 0 Å². The van der Waals surface area contributed by atoms with Crippen LogP contribution in [0.3, 0.4) is 0 Å². The van der Waals surface area contributed by atoms with Crippen molar-refractivity contribution in [2.24, 2.45) is 0 Å². The normalized spacial score (nSPS) is 13.7. The second-order valence-electron chi connectivity index (χ2n) is 6.96. The van der Waals surface area contributed by atoms with E-state index < -0.39 is 7.82 Å². The molecule has 0 amide bonds. The maximum absolute atomic E-state index is 12.3. The molecule has 0 rings (SSSR count). The molecule has 0 spiro atoms. The quantitative estimate of drug-likeness (QED) is 0.104. The summed E-state index contributed by atoms with van der Waals surface area (Å²) in [5, 5.41) is 9.35. The Hall–Kier alpha value is 0.550. The number of phosphoric acid groups is 1. The van der Waals surface area contributed by atoms with Crippen LogP contribution in [0.15, 0.2) is 0 Å². The number of hydrogen-bond acceptors (Lipinski definition) is 5. The number of aliphatic hydroxyl groups is 1. The van der Waals surface area contributed by atoms with Crippen LogP contribution in [0.5, 0.6) is 0 Å². The molecule has 27 heavy (non-hydrogen) atoms. The minimum absolute atomic E-state index is 0.0433. The van der Waals surface area contributed by atoms with Gasteiger partial charge in [0.2, 0.25) is 0 Å². The smallest absolute Gasteiger partial charge is 0.394 e. The molecule has 1 N–H and O–H groups in total. The summed E-state index contributed by atoms with van der Waals surface area (Å²) in [6.45, 7) is 2.63. The molecular formula is C20H42BrO5P. The van der Waals surface area contributed by atoms with E-state index in [4.69, 9.17) is 18.7 Å². The van der Waals surface area contributed by atoms with E-state index in [9.17, 15) is 4.57 Å². The molecule has 0 heterocycles. The highest BCUT2D eigenvalue weighted by Gasteiger charge is 2.25.